The second-order valence-corrected chi connectivity index (χ2v) is 7.49. The van der Waals surface area contributed by atoms with Crippen molar-refractivity contribution in [3.8, 4) is 5.75 Å². The number of morpholine rings is 1. The molecule has 2 aromatic carbocycles. The average Bonchev–Trinajstić information content (AvgIpc) is 2.71. The second-order valence-electron chi connectivity index (χ2n) is 7.05. The molecular weight excluding hydrogens is 376 g/mol. The van der Waals surface area contributed by atoms with Crippen LogP contribution in [0.5, 0.6) is 5.75 Å². The van der Waals surface area contributed by atoms with Gasteiger partial charge in [-0.05, 0) is 54.8 Å². The third-order valence-electron chi connectivity index (χ3n) is 5.08. The molecule has 0 bridgehead atoms. The van der Waals surface area contributed by atoms with Gasteiger partial charge in [0.1, 0.15) is 5.75 Å². The highest BCUT2D eigenvalue weighted by Gasteiger charge is 2.23. The van der Waals surface area contributed by atoms with Crippen LogP contribution in [0.2, 0.25) is 5.02 Å². The van der Waals surface area contributed by atoms with E-state index in [4.69, 9.17) is 21.1 Å². The SMILES string of the molecule is Cc1ccc(OCC(=O)NCC(c2ccc(Cl)cc2)N2CCOCC2)cc1C. The van der Waals surface area contributed by atoms with E-state index in [1.165, 1.54) is 5.56 Å². The molecule has 150 valence electrons. The first-order chi connectivity index (χ1) is 13.5. The number of nitrogens with zero attached hydrogens (tertiary/aromatic N) is 1. The van der Waals surface area contributed by atoms with Crippen molar-refractivity contribution in [2.24, 2.45) is 0 Å². The molecule has 6 heteroatoms. The van der Waals surface area contributed by atoms with Crippen LogP contribution in [0, 0.1) is 13.8 Å². The lowest BCUT2D eigenvalue weighted by molar-refractivity contribution is -0.123. The fourth-order valence-corrected chi connectivity index (χ4v) is 3.37. The number of nitrogens with one attached hydrogen (secondary N) is 1. The average molecular weight is 403 g/mol. The molecule has 28 heavy (non-hydrogen) atoms. The van der Waals surface area contributed by atoms with Crippen LogP contribution in [-0.4, -0.2) is 50.3 Å². The molecule has 1 aliphatic rings. The van der Waals surface area contributed by atoms with Gasteiger partial charge in [-0.2, -0.15) is 0 Å². The summed E-state index contributed by atoms with van der Waals surface area (Å²) in [5.74, 6) is 0.575. The maximum absolute atomic E-state index is 12.3. The first-order valence-corrected chi connectivity index (χ1v) is 9.95. The zero-order valence-electron chi connectivity index (χ0n) is 16.4. The quantitative estimate of drug-likeness (QED) is 0.769. The lowest BCUT2D eigenvalue weighted by Gasteiger charge is -2.35. The van der Waals surface area contributed by atoms with E-state index in [2.05, 4.69) is 10.2 Å². The van der Waals surface area contributed by atoms with Gasteiger partial charge in [-0.25, -0.2) is 0 Å². The largest absolute Gasteiger partial charge is 0.484 e. The Morgan fingerprint density at radius 3 is 2.54 bits per heavy atom. The molecular formula is C22H27ClN2O3. The Morgan fingerprint density at radius 1 is 1.14 bits per heavy atom. The molecule has 0 saturated carbocycles. The van der Waals surface area contributed by atoms with Gasteiger partial charge in [-0.15, -0.1) is 0 Å². The zero-order chi connectivity index (χ0) is 19.9. The summed E-state index contributed by atoms with van der Waals surface area (Å²) in [4.78, 5) is 14.7. The summed E-state index contributed by atoms with van der Waals surface area (Å²) >= 11 is 6.03. The summed E-state index contributed by atoms with van der Waals surface area (Å²) in [5.41, 5.74) is 3.47. The van der Waals surface area contributed by atoms with E-state index in [9.17, 15) is 4.79 Å². The number of rotatable bonds is 7. The molecule has 1 heterocycles. The van der Waals surface area contributed by atoms with Gasteiger partial charge in [0.2, 0.25) is 0 Å². The highest BCUT2D eigenvalue weighted by Crippen LogP contribution is 2.23. The molecule has 1 unspecified atom stereocenters. The van der Waals surface area contributed by atoms with Crippen LogP contribution < -0.4 is 10.1 Å². The Hall–Kier alpha value is -2.08. The van der Waals surface area contributed by atoms with Gasteiger partial charge in [0.25, 0.3) is 5.91 Å². The molecule has 0 aliphatic carbocycles. The molecule has 1 aliphatic heterocycles. The highest BCUT2D eigenvalue weighted by molar-refractivity contribution is 6.30. The monoisotopic (exact) mass is 402 g/mol. The highest BCUT2D eigenvalue weighted by atomic mass is 35.5. The lowest BCUT2D eigenvalue weighted by atomic mass is 10.0. The molecule has 2 aromatic rings. The number of amides is 1. The summed E-state index contributed by atoms with van der Waals surface area (Å²) in [7, 11) is 0. The summed E-state index contributed by atoms with van der Waals surface area (Å²) < 4.78 is 11.1. The van der Waals surface area contributed by atoms with E-state index in [1.54, 1.807) is 0 Å². The molecule has 3 rings (SSSR count). The van der Waals surface area contributed by atoms with Crippen molar-refractivity contribution < 1.29 is 14.3 Å². The molecule has 1 amide bonds. The van der Waals surface area contributed by atoms with E-state index in [-0.39, 0.29) is 18.6 Å². The van der Waals surface area contributed by atoms with Crippen molar-refractivity contribution in [3.63, 3.8) is 0 Å². The molecule has 1 fully saturated rings. The van der Waals surface area contributed by atoms with Crippen LogP contribution in [0.1, 0.15) is 22.7 Å². The van der Waals surface area contributed by atoms with Crippen molar-refractivity contribution >= 4 is 17.5 Å². The maximum Gasteiger partial charge on any atom is 0.258 e. The van der Waals surface area contributed by atoms with Crippen LogP contribution in [0.15, 0.2) is 42.5 Å². The molecule has 1 N–H and O–H groups in total. The Bertz CT molecular complexity index is 789. The van der Waals surface area contributed by atoms with Gasteiger partial charge in [0, 0.05) is 24.7 Å². The summed E-state index contributed by atoms with van der Waals surface area (Å²) in [6.45, 7) is 7.66. The number of benzene rings is 2. The van der Waals surface area contributed by atoms with Gasteiger partial charge >= 0.3 is 0 Å². The van der Waals surface area contributed by atoms with Crippen LogP contribution in [0.3, 0.4) is 0 Å². The fraction of sp³-hybridized carbons (Fsp3) is 0.409. The topological polar surface area (TPSA) is 50.8 Å². The van der Waals surface area contributed by atoms with Gasteiger partial charge in [-0.3, -0.25) is 9.69 Å². The Morgan fingerprint density at radius 2 is 1.86 bits per heavy atom. The van der Waals surface area contributed by atoms with Crippen molar-refractivity contribution in [2.75, 3.05) is 39.5 Å². The maximum atomic E-state index is 12.3. The van der Waals surface area contributed by atoms with Crippen LogP contribution in [0.4, 0.5) is 0 Å². The van der Waals surface area contributed by atoms with Crippen LogP contribution >= 0.6 is 11.6 Å². The predicted molar refractivity (Wildman–Crippen MR) is 111 cm³/mol. The predicted octanol–water partition coefficient (Wildman–Crippen LogP) is 3.53. The number of hydrogen-bond acceptors (Lipinski definition) is 4. The van der Waals surface area contributed by atoms with Gasteiger partial charge in [0.05, 0.1) is 19.3 Å². The second kappa shape index (κ2) is 9.92. The number of ether oxygens (including phenoxy) is 2. The molecule has 0 aromatic heterocycles. The minimum absolute atomic E-state index is 0.00104. The van der Waals surface area contributed by atoms with E-state index in [0.717, 1.165) is 24.2 Å². The van der Waals surface area contributed by atoms with Gasteiger partial charge < -0.3 is 14.8 Å². The normalized spacial score (nSPS) is 15.8. The first-order valence-electron chi connectivity index (χ1n) is 9.57. The summed E-state index contributed by atoms with van der Waals surface area (Å²) in [5, 5.41) is 3.71. The molecule has 1 atom stereocenters. The number of carbonyl (C=O) groups excluding carboxylic acids is 1. The smallest absolute Gasteiger partial charge is 0.258 e. The third kappa shape index (κ3) is 5.71. The fourth-order valence-electron chi connectivity index (χ4n) is 3.25. The Balaban J connectivity index is 1.58. The Labute approximate surface area is 171 Å². The van der Waals surface area contributed by atoms with Crippen molar-refractivity contribution in [2.45, 2.75) is 19.9 Å². The van der Waals surface area contributed by atoms with E-state index in [1.807, 2.05) is 56.3 Å². The zero-order valence-corrected chi connectivity index (χ0v) is 17.2. The number of aryl methyl sites for hydroxylation is 2. The van der Waals surface area contributed by atoms with Gasteiger partial charge in [0.15, 0.2) is 6.61 Å². The lowest BCUT2D eigenvalue weighted by Crippen LogP contribution is -2.44. The van der Waals surface area contributed by atoms with E-state index >= 15 is 0 Å². The summed E-state index contributed by atoms with van der Waals surface area (Å²) in [6, 6.07) is 13.7. The van der Waals surface area contributed by atoms with Crippen molar-refractivity contribution in [3.05, 3.63) is 64.2 Å². The standard InChI is InChI=1S/C22H27ClN2O3/c1-16-3-8-20(13-17(16)2)28-15-22(26)24-14-21(25-9-11-27-12-10-25)18-4-6-19(23)7-5-18/h3-8,13,21H,9-12,14-15H2,1-2H3,(H,24,26). The van der Waals surface area contributed by atoms with Gasteiger partial charge in [-0.1, -0.05) is 29.8 Å². The van der Waals surface area contributed by atoms with E-state index in [0.29, 0.717) is 30.5 Å². The molecule has 0 spiro atoms. The minimum Gasteiger partial charge on any atom is -0.484 e. The van der Waals surface area contributed by atoms with E-state index < -0.39 is 0 Å². The summed E-state index contributed by atoms with van der Waals surface area (Å²) in [6.07, 6.45) is 0. The molecule has 0 radical (unpaired) electrons. The Kier molecular flexibility index (Phi) is 7.31. The molecule has 1 saturated heterocycles. The van der Waals surface area contributed by atoms with Crippen LogP contribution in [0.25, 0.3) is 0 Å². The number of hydrogen-bond donors (Lipinski definition) is 1. The van der Waals surface area contributed by atoms with Crippen molar-refractivity contribution in [1.29, 1.82) is 0 Å². The third-order valence-corrected chi connectivity index (χ3v) is 5.33. The number of carbonyl (C=O) groups is 1. The number of halogens is 1. The van der Waals surface area contributed by atoms with Crippen molar-refractivity contribution in [1.82, 2.24) is 10.2 Å². The first kappa shape index (κ1) is 20.6. The molecule has 5 nitrogen and oxygen atoms in total. The minimum atomic E-state index is -0.134. The van der Waals surface area contributed by atoms with Crippen LogP contribution in [-0.2, 0) is 9.53 Å².